The van der Waals surface area contributed by atoms with Gasteiger partial charge in [-0.15, -0.1) is 0 Å². The molecule has 0 heterocycles. The quantitative estimate of drug-likeness (QED) is 0.232. The Bertz CT molecular complexity index is 344. The number of azide groups is 1. The second kappa shape index (κ2) is 4.68. The van der Waals surface area contributed by atoms with E-state index in [4.69, 9.17) is 5.53 Å². The molecule has 0 unspecified atom stereocenters. The molecule has 1 aromatic carbocycles. The minimum atomic E-state index is -0.545. The van der Waals surface area contributed by atoms with Gasteiger partial charge in [0.2, 0.25) is 0 Å². The first kappa shape index (κ1) is 10.9. The fraction of sp³-hybridized carbons (Fsp3) is 0. The number of nitro benzene ring substituents is 1. The van der Waals surface area contributed by atoms with E-state index in [9.17, 15) is 10.1 Å². The summed E-state index contributed by atoms with van der Waals surface area (Å²) in [6, 6.07) is 5.49. The van der Waals surface area contributed by atoms with Crippen molar-refractivity contribution in [2.24, 2.45) is 5.11 Å². The van der Waals surface area contributed by atoms with E-state index in [0.717, 1.165) is 0 Å². The van der Waals surface area contributed by atoms with Crippen LogP contribution in [0.5, 0.6) is 0 Å². The minimum Gasteiger partial charge on any atom is -0.269 e. The molecule has 0 aliphatic rings. The summed E-state index contributed by atoms with van der Waals surface area (Å²) in [6.45, 7) is 0. The summed E-state index contributed by atoms with van der Waals surface area (Å²) in [5, 5.41) is 13.5. The summed E-state index contributed by atoms with van der Waals surface area (Å²) < 4.78 is 0. The second-order valence-electron chi connectivity index (χ2n) is 1.97. The van der Waals surface area contributed by atoms with Gasteiger partial charge >= 0.3 is 0 Å². The molecule has 0 amide bonds. The molecule has 68 valence electrons. The lowest BCUT2D eigenvalue weighted by atomic mass is 10.3. The maximum Gasteiger partial charge on any atom is 0.269 e. The molecule has 0 saturated carbocycles. The van der Waals surface area contributed by atoms with Crippen molar-refractivity contribution < 1.29 is 9.63 Å². The van der Waals surface area contributed by atoms with E-state index in [1.807, 2.05) is 0 Å². The highest BCUT2D eigenvalue weighted by Crippen LogP contribution is 2.19. The zero-order chi connectivity index (χ0) is 8.97. The van der Waals surface area contributed by atoms with Crippen molar-refractivity contribution in [2.45, 2.75) is 0 Å². The van der Waals surface area contributed by atoms with Gasteiger partial charge in [-0.3, -0.25) is 14.8 Å². The molecule has 0 radical (unpaired) electrons. The van der Waals surface area contributed by atoms with Crippen LogP contribution in [0.1, 0.15) is 0 Å². The van der Waals surface area contributed by atoms with Gasteiger partial charge in [0.15, 0.2) is 0 Å². The molecule has 0 bridgehead atoms. The molecule has 0 saturated heterocycles. The van der Waals surface area contributed by atoms with Crippen molar-refractivity contribution in [1.29, 1.82) is 0 Å². The zero-order valence-electron chi connectivity index (χ0n) is 6.32. The van der Waals surface area contributed by atoms with Crippen LogP contribution in [0.15, 0.2) is 29.4 Å². The van der Waals surface area contributed by atoms with Crippen LogP contribution in [0.3, 0.4) is 0 Å². The van der Waals surface area contributed by atoms with Gasteiger partial charge in [0.25, 0.3) is 5.69 Å². The van der Waals surface area contributed by atoms with Crippen molar-refractivity contribution in [3.63, 3.8) is 0 Å². The van der Waals surface area contributed by atoms with Crippen LogP contribution < -0.4 is 0 Å². The largest absolute Gasteiger partial charge is 0.269 e. The summed E-state index contributed by atoms with van der Waals surface area (Å²) in [5.74, 6) is 0. The van der Waals surface area contributed by atoms with Gasteiger partial charge < -0.3 is 0 Å². The number of nitrogens with zero attached hydrogens (tertiary/aromatic N) is 4. The fourth-order valence-corrected chi connectivity index (χ4v) is 0.720. The average Bonchev–Trinajstić information content (AvgIpc) is 2.05. The van der Waals surface area contributed by atoms with E-state index in [-0.39, 0.29) is 16.1 Å². The molecule has 0 N–H and O–H groups in total. The predicted octanol–water partition coefficient (Wildman–Crippen LogP) is 2.69. The summed E-state index contributed by atoms with van der Waals surface area (Å²) in [7, 11) is 0. The van der Waals surface area contributed by atoms with E-state index >= 15 is 0 Å². The third-order valence-electron chi connectivity index (χ3n) is 1.20. The average molecular weight is 184 g/mol. The van der Waals surface area contributed by atoms with Crippen LogP contribution >= 0.6 is 0 Å². The van der Waals surface area contributed by atoms with Gasteiger partial charge in [0, 0.05) is 22.7 Å². The Balaban J connectivity index is 0.00000144. The summed E-state index contributed by atoms with van der Waals surface area (Å²) >= 11 is 0. The Kier molecular flexibility index (Phi) is 3.91. The number of nitro groups is 1. The van der Waals surface area contributed by atoms with Crippen LogP contribution in [-0.4, -0.2) is 4.92 Å². The van der Waals surface area contributed by atoms with Crippen LogP contribution in [0, 0.1) is 10.1 Å². The highest BCUT2D eigenvalue weighted by molar-refractivity contribution is 5.46. The van der Waals surface area contributed by atoms with Crippen molar-refractivity contribution in [2.75, 3.05) is 0 Å². The SMILES string of the molecule is F.[N-]=[N+]=Nc1cccc([N+](=O)[O-])c1. The lowest BCUT2D eigenvalue weighted by Crippen LogP contribution is -1.85. The van der Waals surface area contributed by atoms with Gasteiger partial charge in [-0.05, 0) is 5.53 Å². The van der Waals surface area contributed by atoms with Gasteiger partial charge in [0.05, 0.1) is 4.92 Å². The van der Waals surface area contributed by atoms with Gasteiger partial charge in [0.1, 0.15) is 0 Å². The number of halogens is 1. The highest BCUT2D eigenvalue weighted by Gasteiger charge is 2.03. The summed E-state index contributed by atoms with van der Waals surface area (Å²) in [5.41, 5.74) is 8.20. The predicted molar refractivity (Wildman–Crippen MR) is 44.4 cm³/mol. The number of hydrogen-bond donors (Lipinski definition) is 0. The molecule has 13 heavy (non-hydrogen) atoms. The third-order valence-corrected chi connectivity index (χ3v) is 1.20. The van der Waals surface area contributed by atoms with E-state index in [1.165, 1.54) is 24.3 Å². The first-order chi connectivity index (χ1) is 5.74. The second-order valence-corrected chi connectivity index (χ2v) is 1.97. The topological polar surface area (TPSA) is 91.9 Å². The Morgan fingerprint density at radius 2 is 2.23 bits per heavy atom. The van der Waals surface area contributed by atoms with E-state index in [2.05, 4.69) is 10.0 Å². The molecule has 1 aromatic rings. The first-order valence-corrected chi connectivity index (χ1v) is 3.03. The Morgan fingerprint density at radius 3 is 2.77 bits per heavy atom. The molecule has 1 rings (SSSR count). The van der Waals surface area contributed by atoms with Crippen LogP contribution in [-0.2, 0) is 0 Å². The van der Waals surface area contributed by atoms with Crippen LogP contribution in [0.2, 0.25) is 0 Å². The molecule has 0 aromatic heterocycles. The molecule has 0 fully saturated rings. The molecule has 0 atom stereocenters. The van der Waals surface area contributed by atoms with E-state index < -0.39 is 4.92 Å². The summed E-state index contributed by atoms with van der Waals surface area (Å²) in [6.07, 6.45) is 0. The number of non-ortho nitro benzene ring substituents is 1. The Labute approximate surface area is 71.9 Å². The van der Waals surface area contributed by atoms with Crippen molar-refractivity contribution in [1.82, 2.24) is 0 Å². The molecule has 7 heteroatoms. The molecule has 0 spiro atoms. The monoisotopic (exact) mass is 184 g/mol. The van der Waals surface area contributed by atoms with Gasteiger partial charge in [-0.2, -0.15) is 0 Å². The van der Waals surface area contributed by atoms with Crippen molar-refractivity contribution >= 4 is 11.4 Å². The number of hydrogen-bond acceptors (Lipinski definition) is 3. The molecule has 0 aliphatic carbocycles. The lowest BCUT2D eigenvalue weighted by Gasteiger charge is -1.90. The zero-order valence-corrected chi connectivity index (χ0v) is 6.32. The molecular weight excluding hydrogens is 179 g/mol. The normalized spacial score (nSPS) is 8.00. The lowest BCUT2D eigenvalue weighted by molar-refractivity contribution is -0.384. The maximum atomic E-state index is 10.2. The van der Waals surface area contributed by atoms with Crippen molar-refractivity contribution in [3.8, 4) is 0 Å². The van der Waals surface area contributed by atoms with Crippen molar-refractivity contribution in [3.05, 3.63) is 44.8 Å². The fourth-order valence-electron chi connectivity index (χ4n) is 0.720. The molecular formula is C6H5FN4O2. The molecule has 6 nitrogen and oxygen atoms in total. The highest BCUT2D eigenvalue weighted by atomic mass is 19.0. The van der Waals surface area contributed by atoms with Gasteiger partial charge in [-0.25, -0.2) is 0 Å². The number of benzene rings is 1. The standard InChI is InChI=1S/C6H4N4O2.FH/c7-9-8-5-2-1-3-6(4-5)10(11)12;/h1-4H;1H. The summed E-state index contributed by atoms with van der Waals surface area (Å²) in [4.78, 5) is 12.2. The smallest absolute Gasteiger partial charge is 0.269 e. The Morgan fingerprint density at radius 1 is 1.54 bits per heavy atom. The first-order valence-electron chi connectivity index (χ1n) is 3.03. The maximum absolute atomic E-state index is 10.2. The molecule has 0 aliphatic heterocycles. The van der Waals surface area contributed by atoms with E-state index in [1.54, 1.807) is 0 Å². The minimum absolute atomic E-state index is 0. The van der Waals surface area contributed by atoms with E-state index in [0.29, 0.717) is 0 Å². The Hall–Kier alpha value is -2.14. The van der Waals surface area contributed by atoms with Crippen LogP contribution in [0.4, 0.5) is 16.1 Å². The van der Waals surface area contributed by atoms with Gasteiger partial charge in [-0.1, -0.05) is 17.2 Å². The number of rotatable bonds is 2. The third kappa shape index (κ3) is 2.76. The van der Waals surface area contributed by atoms with Crippen LogP contribution in [0.25, 0.3) is 10.4 Å².